The normalized spacial score (nSPS) is 14.0. The quantitative estimate of drug-likeness (QED) is 0.867. The monoisotopic (exact) mass is 285 g/mol. The van der Waals surface area contributed by atoms with Crippen LogP contribution in [0.5, 0.6) is 0 Å². The molecule has 2 aromatic carbocycles. The zero-order chi connectivity index (χ0) is 14.5. The molecule has 0 saturated heterocycles. The van der Waals surface area contributed by atoms with Crippen LogP contribution in [-0.4, -0.2) is 6.04 Å². The van der Waals surface area contributed by atoms with Gasteiger partial charge in [0, 0.05) is 17.0 Å². The van der Waals surface area contributed by atoms with Crippen molar-refractivity contribution in [3.8, 4) is 0 Å². The Labute approximate surface area is 126 Å². The Bertz CT molecular complexity index is 563. The first kappa shape index (κ1) is 15.1. The number of rotatable bonds is 5. The molecule has 0 radical (unpaired) electrons. The highest BCUT2D eigenvalue weighted by atomic mass is 32.2. The van der Waals surface area contributed by atoms with E-state index in [0.717, 1.165) is 5.75 Å². The van der Waals surface area contributed by atoms with E-state index in [2.05, 4.69) is 69.3 Å². The van der Waals surface area contributed by atoms with Crippen LogP contribution in [-0.2, 0) is 5.75 Å². The summed E-state index contributed by atoms with van der Waals surface area (Å²) >= 11 is 1.93. The third-order valence-electron chi connectivity index (χ3n) is 3.36. The number of thioether (sulfide) groups is 1. The second-order valence-corrected chi connectivity index (χ2v) is 6.62. The van der Waals surface area contributed by atoms with E-state index in [-0.39, 0.29) is 6.04 Å². The maximum Gasteiger partial charge on any atom is 0.0449 e. The van der Waals surface area contributed by atoms with Gasteiger partial charge in [0.05, 0.1) is 0 Å². The number of aryl methyl sites for hydroxylation is 2. The molecule has 2 aromatic rings. The Kier molecular flexibility index (Phi) is 5.27. The lowest BCUT2D eigenvalue weighted by Gasteiger charge is -2.21. The molecule has 0 fully saturated rings. The summed E-state index contributed by atoms with van der Waals surface area (Å²) in [6, 6.07) is 17.5. The van der Waals surface area contributed by atoms with Crippen molar-refractivity contribution >= 4 is 11.8 Å². The molecule has 2 atom stereocenters. The van der Waals surface area contributed by atoms with E-state index >= 15 is 0 Å². The first-order valence-corrected chi connectivity index (χ1v) is 8.10. The van der Waals surface area contributed by atoms with E-state index in [1.807, 2.05) is 11.8 Å². The molecule has 0 amide bonds. The van der Waals surface area contributed by atoms with Gasteiger partial charge in [0.25, 0.3) is 0 Å². The Balaban J connectivity index is 2.10. The summed E-state index contributed by atoms with van der Waals surface area (Å²) < 4.78 is 0. The lowest BCUT2D eigenvalue weighted by atomic mass is 10.0. The van der Waals surface area contributed by atoms with Crippen LogP contribution in [0.2, 0.25) is 0 Å². The van der Waals surface area contributed by atoms with Crippen molar-refractivity contribution in [2.24, 2.45) is 5.73 Å². The van der Waals surface area contributed by atoms with Gasteiger partial charge in [-0.15, -0.1) is 11.8 Å². The summed E-state index contributed by atoms with van der Waals surface area (Å²) in [6.45, 7) is 6.36. The third-order valence-corrected chi connectivity index (χ3v) is 4.92. The molecule has 0 aromatic heterocycles. The van der Waals surface area contributed by atoms with Crippen LogP contribution in [0.1, 0.15) is 34.4 Å². The Morgan fingerprint density at radius 1 is 1.00 bits per heavy atom. The van der Waals surface area contributed by atoms with Gasteiger partial charge in [-0.05, 0) is 31.9 Å². The predicted molar refractivity (Wildman–Crippen MR) is 90.0 cm³/mol. The van der Waals surface area contributed by atoms with E-state index < -0.39 is 0 Å². The van der Waals surface area contributed by atoms with E-state index in [1.54, 1.807) is 0 Å². The number of nitrogens with two attached hydrogens (primary N) is 1. The molecule has 2 unspecified atom stereocenters. The maximum atomic E-state index is 6.19. The summed E-state index contributed by atoms with van der Waals surface area (Å²) in [5, 5.41) is 0.343. The van der Waals surface area contributed by atoms with Crippen molar-refractivity contribution in [1.82, 2.24) is 0 Å². The van der Waals surface area contributed by atoms with E-state index in [1.165, 1.54) is 22.3 Å². The van der Waals surface area contributed by atoms with E-state index in [4.69, 9.17) is 5.73 Å². The number of hydrogen-bond donors (Lipinski definition) is 1. The number of hydrogen-bond acceptors (Lipinski definition) is 2. The molecule has 106 valence electrons. The second-order valence-electron chi connectivity index (χ2n) is 5.49. The van der Waals surface area contributed by atoms with Gasteiger partial charge in [-0.3, -0.25) is 0 Å². The molecule has 2 N–H and O–H groups in total. The standard InChI is InChI=1S/C18H23NS/c1-13-6-4-8-16(10-13)12-20-18(15(3)19)17-9-5-7-14(2)11-17/h4-11,15,18H,12,19H2,1-3H3. The van der Waals surface area contributed by atoms with Crippen molar-refractivity contribution in [2.45, 2.75) is 37.8 Å². The molecule has 0 aliphatic carbocycles. The van der Waals surface area contributed by atoms with E-state index in [0.29, 0.717) is 5.25 Å². The van der Waals surface area contributed by atoms with E-state index in [9.17, 15) is 0 Å². The van der Waals surface area contributed by atoms with Crippen molar-refractivity contribution in [3.63, 3.8) is 0 Å². The van der Waals surface area contributed by atoms with Gasteiger partial charge in [0.15, 0.2) is 0 Å². The summed E-state index contributed by atoms with van der Waals surface area (Å²) in [5.41, 5.74) is 11.5. The summed E-state index contributed by atoms with van der Waals surface area (Å²) in [4.78, 5) is 0. The highest BCUT2D eigenvalue weighted by molar-refractivity contribution is 7.98. The molecule has 20 heavy (non-hydrogen) atoms. The smallest absolute Gasteiger partial charge is 0.0449 e. The van der Waals surface area contributed by atoms with Crippen LogP contribution in [0.25, 0.3) is 0 Å². The molecule has 2 rings (SSSR count). The largest absolute Gasteiger partial charge is 0.327 e. The summed E-state index contributed by atoms with van der Waals surface area (Å²) in [6.07, 6.45) is 0. The first-order chi connectivity index (χ1) is 9.56. The summed E-state index contributed by atoms with van der Waals surface area (Å²) in [5.74, 6) is 1.00. The zero-order valence-corrected chi connectivity index (χ0v) is 13.3. The molecule has 0 spiro atoms. The van der Waals surface area contributed by atoms with Crippen molar-refractivity contribution in [3.05, 3.63) is 70.8 Å². The SMILES string of the molecule is Cc1cccc(CSC(c2cccc(C)c2)C(C)N)c1. The Hall–Kier alpha value is -1.25. The summed E-state index contributed by atoms with van der Waals surface area (Å²) in [7, 11) is 0. The van der Waals surface area contributed by atoms with Crippen molar-refractivity contribution < 1.29 is 0 Å². The average Bonchev–Trinajstić information content (AvgIpc) is 2.38. The third kappa shape index (κ3) is 4.12. The van der Waals surface area contributed by atoms with Gasteiger partial charge in [0.2, 0.25) is 0 Å². The molecule has 0 saturated carbocycles. The van der Waals surface area contributed by atoms with Crippen LogP contribution in [0.15, 0.2) is 48.5 Å². The van der Waals surface area contributed by atoms with Crippen LogP contribution >= 0.6 is 11.8 Å². The fourth-order valence-electron chi connectivity index (χ4n) is 2.39. The minimum absolute atomic E-state index is 0.145. The fourth-order valence-corrected chi connectivity index (χ4v) is 3.58. The molecule has 2 heteroatoms. The minimum Gasteiger partial charge on any atom is -0.327 e. The van der Waals surface area contributed by atoms with Gasteiger partial charge in [-0.25, -0.2) is 0 Å². The topological polar surface area (TPSA) is 26.0 Å². The predicted octanol–water partition coefficient (Wildman–Crippen LogP) is 4.63. The molecule has 0 bridgehead atoms. The molecule has 0 aliphatic heterocycles. The molecular weight excluding hydrogens is 262 g/mol. The van der Waals surface area contributed by atoms with Crippen LogP contribution in [0.4, 0.5) is 0 Å². The molecule has 0 aliphatic rings. The maximum absolute atomic E-state index is 6.19. The van der Waals surface area contributed by atoms with Crippen LogP contribution in [0, 0.1) is 13.8 Å². The van der Waals surface area contributed by atoms with Gasteiger partial charge in [-0.2, -0.15) is 0 Å². The average molecular weight is 285 g/mol. The van der Waals surface area contributed by atoms with Crippen LogP contribution < -0.4 is 5.73 Å². The van der Waals surface area contributed by atoms with Gasteiger partial charge < -0.3 is 5.73 Å². The number of benzene rings is 2. The Morgan fingerprint density at radius 3 is 2.25 bits per heavy atom. The van der Waals surface area contributed by atoms with Crippen molar-refractivity contribution in [1.29, 1.82) is 0 Å². The minimum atomic E-state index is 0.145. The lowest BCUT2D eigenvalue weighted by Crippen LogP contribution is -2.22. The fraction of sp³-hybridized carbons (Fsp3) is 0.333. The molecular formula is C18H23NS. The Morgan fingerprint density at radius 2 is 1.65 bits per heavy atom. The van der Waals surface area contributed by atoms with Crippen LogP contribution in [0.3, 0.4) is 0 Å². The van der Waals surface area contributed by atoms with Gasteiger partial charge in [-0.1, -0.05) is 59.7 Å². The van der Waals surface area contributed by atoms with Crippen molar-refractivity contribution in [2.75, 3.05) is 0 Å². The highest BCUT2D eigenvalue weighted by Gasteiger charge is 2.16. The molecule has 1 nitrogen and oxygen atoms in total. The van der Waals surface area contributed by atoms with Gasteiger partial charge in [0.1, 0.15) is 0 Å². The highest BCUT2D eigenvalue weighted by Crippen LogP contribution is 2.34. The van der Waals surface area contributed by atoms with Gasteiger partial charge >= 0.3 is 0 Å². The zero-order valence-electron chi connectivity index (χ0n) is 12.5. The second kappa shape index (κ2) is 6.96. The lowest BCUT2D eigenvalue weighted by molar-refractivity contribution is 0.721. The molecule has 0 heterocycles. The first-order valence-electron chi connectivity index (χ1n) is 7.05.